The number of amides is 1. The number of carbonyl (C=O) groups is 1. The molecule has 1 aromatic rings. The molecule has 0 radical (unpaired) electrons. The van der Waals surface area contributed by atoms with Gasteiger partial charge in [0.2, 0.25) is 5.91 Å². The lowest BCUT2D eigenvalue weighted by Crippen LogP contribution is -2.52. The quantitative estimate of drug-likeness (QED) is 0.418. The predicted octanol–water partition coefficient (Wildman–Crippen LogP) is 0.770. The topological polar surface area (TPSA) is 90.0 Å². The first kappa shape index (κ1) is 19.4. The van der Waals surface area contributed by atoms with Crippen molar-refractivity contribution in [1.29, 1.82) is 0 Å². The molecule has 1 fully saturated rings. The fourth-order valence-corrected chi connectivity index (χ4v) is 4.49. The van der Waals surface area contributed by atoms with Crippen molar-refractivity contribution in [2.45, 2.75) is 11.8 Å². The minimum absolute atomic E-state index is 0.299. The SMILES string of the molecule is C=CC(N1CCN(c2ccc(F)cc2)CC1)S(=O)(=O)CCC(=O)NO. The number of halogens is 1. The van der Waals surface area contributed by atoms with Crippen LogP contribution in [0.2, 0.25) is 0 Å². The van der Waals surface area contributed by atoms with Crippen molar-refractivity contribution >= 4 is 21.4 Å². The Bertz CT molecular complexity index is 701. The van der Waals surface area contributed by atoms with Crippen LogP contribution < -0.4 is 10.4 Å². The van der Waals surface area contributed by atoms with Crippen molar-refractivity contribution in [2.75, 3.05) is 36.8 Å². The first-order valence-electron chi connectivity index (χ1n) is 7.89. The lowest BCUT2D eigenvalue weighted by Gasteiger charge is -2.38. The molecule has 1 unspecified atom stereocenters. The molecule has 1 aliphatic rings. The van der Waals surface area contributed by atoms with Gasteiger partial charge in [-0.05, 0) is 24.3 Å². The number of nitrogens with one attached hydrogen (secondary N) is 1. The van der Waals surface area contributed by atoms with Crippen molar-refractivity contribution in [3.63, 3.8) is 0 Å². The van der Waals surface area contributed by atoms with E-state index in [0.717, 1.165) is 5.69 Å². The van der Waals surface area contributed by atoms with E-state index in [1.165, 1.54) is 23.7 Å². The van der Waals surface area contributed by atoms with Gasteiger partial charge in [0.25, 0.3) is 0 Å². The first-order chi connectivity index (χ1) is 11.9. The number of hydrogen-bond donors (Lipinski definition) is 2. The third-order valence-electron chi connectivity index (χ3n) is 4.17. The van der Waals surface area contributed by atoms with E-state index in [9.17, 15) is 17.6 Å². The van der Waals surface area contributed by atoms with Crippen LogP contribution in [0.1, 0.15) is 6.42 Å². The van der Waals surface area contributed by atoms with Gasteiger partial charge in [0, 0.05) is 38.3 Å². The van der Waals surface area contributed by atoms with E-state index in [0.29, 0.717) is 26.2 Å². The summed E-state index contributed by atoms with van der Waals surface area (Å²) in [5.74, 6) is -1.41. The van der Waals surface area contributed by atoms with E-state index >= 15 is 0 Å². The molecule has 0 spiro atoms. The van der Waals surface area contributed by atoms with Gasteiger partial charge in [0.05, 0.1) is 5.75 Å². The number of piperazine rings is 1. The molecule has 1 atom stereocenters. The fourth-order valence-electron chi connectivity index (χ4n) is 2.82. The number of hydroxylamine groups is 1. The average Bonchev–Trinajstić information content (AvgIpc) is 2.61. The van der Waals surface area contributed by atoms with Crippen molar-refractivity contribution in [2.24, 2.45) is 0 Å². The van der Waals surface area contributed by atoms with Crippen LogP contribution in [0.25, 0.3) is 0 Å². The number of hydrogen-bond acceptors (Lipinski definition) is 6. The number of benzene rings is 1. The zero-order valence-electron chi connectivity index (χ0n) is 13.8. The Morgan fingerprint density at radius 3 is 2.40 bits per heavy atom. The van der Waals surface area contributed by atoms with Gasteiger partial charge in [-0.3, -0.25) is 14.9 Å². The molecule has 1 amide bonds. The summed E-state index contributed by atoms with van der Waals surface area (Å²) >= 11 is 0. The molecule has 9 heteroatoms. The molecule has 1 heterocycles. The first-order valence-corrected chi connectivity index (χ1v) is 9.60. The monoisotopic (exact) mass is 371 g/mol. The Morgan fingerprint density at radius 2 is 1.88 bits per heavy atom. The van der Waals surface area contributed by atoms with E-state index in [4.69, 9.17) is 5.21 Å². The van der Waals surface area contributed by atoms with Gasteiger partial charge in [0.1, 0.15) is 11.2 Å². The van der Waals surface area contributed by atoms with Crippen LogP contribution in [0.15, 0.2) is 36.9 Å². The van der Waals surface area contributed by atoms with Gasteiger partial charge in [0.15, 0.2) is 9.84 Å². The van der Waals surface area contributed by atoms with E-state index in [2.05, 4.69) is 11.5 Å². The van der Waals surface area contributed by atoms with Crippen LogP contribution >= 0.6 is 0 Å². The Kier molecular flexibility index (Phi) is 6.51. The van der Waals surface area contributed by atoms with Crippen LogP contribution in [-0.2, 0) is 14.6 Å². The molecule has 25 heavy (non-hydrogen) atoms. The molecular weight excluding hydrogens is 349 g/mol. The number of anilines is 1. The molecule has 1 saturated heterocycles. The zero-order valence-corrected chi connectivity index (χ0v) is 14.6. The van der Waals surface area contributed by atoms with Gasteiger partial charge in [-0.25, -0.2) is 18.3 Å². The van der Waals surface area contributed by atoms with Crippen LogP contribution in [0.3, 0.4) is 0 Å². The van der Waals surface area contributed by atoms with Gasteiger partial charge >= 0.3 is 0 Å². The molecule has 7 nitrogen and oxygen atoms in total. The second kappa shape index (κ2) is 8.41. The second-order valence-electron chi connectivity index (χ2n) is 5.78. The van der Waals surface area contributed by atoms with Crippen molar-refractivity contribution in [3.05, 3.63) is 42.7 Å². The van der Waals surface area contributed by atoms with Crippen molar-refractivity contribution < 1.29 is 22.8 Å². The smallest absolute Gasteiger partial charge is 0.244 e. The van der Waals surface area contributed by atoms with Gasteiger partial charge in [-0.15, -0.1) is 6.58 Å². The lowest BCUT2D eigenvalue weighted by molar-refractivity contribution is -0.128. The van der Waals surface area contributed by atoms with Gasteiger partial charge in [-0.2, -0.15) is 0 Å². The third-order valence-corrected chi connectivity index (χ3v) is 6.17. The predicted molar refractivity (Wildman–Crippen MR) is 92.5 cm³/mol. The van der Waals surface area contributed by atoms with E-state index in [-0.39, 0.29) is 18.0 Å². The molecule has 0 aliphatic carbocycles. The standard InChI is InChI=1S/C16H22FN3O4S/c1-2-16(25(23,24)12-7-15(21)18-22)20-10-8-19(9-11-20)14-5-3-13(17)4-6-14/h2-6,16,22H,1,7-12H2,(H,18,21). The van der Waals surface area contributed by atoms with Crippen LogP contribution in [0.4, 0.5) is 10.1 Å². The van der Waals surface area contributed by atoms with E-state index in [1.54, 1.807) is 17.0 Å². The Morgan fingerprint density at radius 1 is 1.28 bits per heavy atom. The highest BCUT2D eigenvalue weighted by Gasteiger charge is 2.31. The van der Waals surface area contributed by atoms with Crippen LogP contribution in [0.5, 0.6) is 0 Å². The fraction of sp³-hybridized carbons (Fsp3) is 0.438. The van der Waals surface area contributed by atoms with Gasteiger partial charge in [-0.1, -0.05) is 6.08 Å². The molecule has 1 aromatic carbocycles. The van der Waals surface area contributed by atoms with Crippen LogP contribution in [0, 0.1) is 5.82 Å². The number of nitrogens with zero attached hydrogens (tertiary/aromatic N) is 2. The van der Waals surface area contributed by atoms with E-state index in [1.807, 2.05) is 0 Å². The highest BCUT2D eigenvalue weighted by Crippen LogP contribution is 2.20. The Hall–Kier alpha value is -1.97. The van der Waals surface area contributed by atoms with Crippen molar-refractivity contribution in [1.82, 2.24) is 10.4 Å². The molecule has 0 aromatic heterocycles. The van der Waals surface area contributed by atoms with E-state index < -0.39 is 21.1 Å². The van der Waals surface area contributed by atoms with Crippen LogP contribution in [-0.4, -0.2) is 61.7 Å². The minimum atomic E-state index is -3.60. The normalized spacial score (nSPS) is 17.1. The number of carbonyl (C=O) groups excluding carboxylic acids is 1. The number of rotatable bonds is 7. The Balaban J connectivity index is 1.98. The molecule has 2 N–H and O–H groups in total. The van der Waals surface area contributed by atoms with Gasteiger partial charge < -0.3 is 4.90 Å². The summed E-state index contributed by atoms with van der Waals surface area (Å²) in [4.78, 5) is 14.9. The third kappa shape index (κ3) is 5.00. The maximum absolute atomic E-state index is 13.0. The molecule has 138 valence electrons. The largest absolute Gasteiger partial charge is 0.369 e. The lowest BCUT2D eigenvalue weighted by atomic mass is 10.2. The summed E-state index contributed by atoms with van der Waals surface area (Å²) in [6, 6.07) is 6.18. The molecule has 0 saturated carbocycles. The average molecular weight is 371 g/mol. The summed E-state index contributed by atoms with van der Waals surface area (Å²) in [5.41, 5.74) is 2.31. The highest BCUT2D eigenvalue weighted by atomic mass is 32.2. The molecule has 1 aliphatic heterocycles. The molecular formula is C16H22FN3O4S. The molecule has 2 rings (SSSR count). The second-order valence-corrected chi connectivity index (χ2v) is 7.99. The zero-order chi connectivity index (χ0) is 18.4. The van der Waals surface area contributed by atoms with Crippen molar-refractivity contribution in [3.8, 4) is 0 Å². The highest BCUT2D eigenvalue weighted by molar-refractivity contribution is 7.92. The Labute approximate surface area is 146 Å². The number of sulfone groups is 1. The minimum Gasteiger partial charge on any atom is -0.369 e. The summed E-state index contributed by atoms with van der Waals surface area (Å²) in [6.07, 6.45) is 1.05. The summed E-state index contributed by atoms with van der Waals surface area (Å²) in [6.45, 7) is 5.81. The molecule has 0 bridgehead atoms. The summed E-state index contributed by atoms with van der Waals surface area (Å²) < 4.78 is 37.9. The maximum atomic E-state index is 13.0. The maximum Gasteiger partial charge on any atom is 0.244 e. The summed E-state index contributed by atoms with van der Waals surface area (Å²) in [5, 5.41) is 7.60. The summed E-state index contributed by atoms with van der Waals surface area (Å²) in [7, 11) is -3.60.